The third-order valence-electron chi connectivity index (χ3n) is 2.85. The summed E-state index contributed by atoms with van der Waals surface area (Å²) in [5, 5.41) is 2.90. The first-order chi connectivity index (χ1) is 10.2. The first kappa shape index (κ1) is 15.1. The van der Waals surface area contributed by atoms with Gasteiger partial charge in [-0.15, -0.1) is 0 Å². The van der Waals surface area contributed by atoms with E-state index in [9.17, 15) is 4.79 Å². The molecule has 2 heterocycles. The van der Waals surface area contributed by atoms with Crippen molar-refractivity contribution in [2.75, 3.05) is 7.11 Å². The van der Waals surface area contributed by atoms with Gasteiger partial charge >= 0.3 is 129 Å². The van der Waals surface area contributed by atoms with E-state index in [4.69, 9.17) is 22.5 Å². The van der Waals surface area contributed by atoms with Crippen molar-refractivity contribution in [3.63, 3.8) is 0 Å². The van der Waals surface area contributed by atoms with Crippen molar-refractivity contribution in [1.29, 1.82) is 0 Å². The van der Waals surface area contributed by atoms with Gasteiger partial charge in [-0.3, -0.25) is 0 Å². The van der Waals surface area contributed by atoms with E-state index in [2.05, 4.69) is 5.09 Å². The van der Waals surface area contributed by atoms with Crippen LogP contribution in [0, 0.1) is 0 Å². The maximum atomic E-state index is 11.8. The Morgan fingerprint density at radius 2 is 1.77 bits per heavy atom. The van der Waals surface area contributed by atoms with Crippen molar-refractivity contribution >= 4 is 21.9 Å². The third kappa shape index (κ3) is 2.43. The number of carbonyl (C=O) groups excluding carboxylic acids is 1. The van der Waals surface area contributed by atoms with Gasteiger partial charge in [-0.05, 0) is 0 Å². The Bertz CT molecular complexity index is 646. The molecule has 1 spiro atoms. The van der Waals surface area contributed by atoms with Gasteiger partial charge in [-0.1, -0.05) is 0 Å². The van der Waals surface area contributed by atoms with Crippen LogP contribution in [-0.2, 0) is 18.3 Å². The summed E-state index contributed by atoms with van der Waals surface area (Å²) in [6.45, 7) is 5.93. The van der Waals surface area contributed by atoms with Crippen LogP contribution in [-0.4, -0.2) is 21.4 Å². The summed E-state index contributed by atoms with van der Waals surface area (Å²) >= 11 is 0. The molecule has 3 rings (SSSR count). The van der Waals surface area contributed by atoms with Gasteiger partial charge in [0.1, 0.15) is 0 Å². The Hall–Kier alpha value is -1.76. The number of methoxy groups -OCH3 is 1. The van der Waals surface area contributed by atoms with Gasteiger partial charge in [0.05, 0.1) is 0 Å². The molecule has 2 aliphatic rings. The zero-order valence-corrected chi connectivity index (χ0v) is 14.7. The van der Waals surface area contributed by atoms with Crippen molar-refractivity contribution in [2.45, 2.75) is 19.6 Å². The van der Waals surface area contributed by atoms with Gasteiger partial charge in [-0.25, -0.2) is 0 Å². The molecule has 2 aliphatic heterocycles. The zero-order valence-electron chi connectivity index (χ0n) is 12.8. The molecule has 0 saturated heterocycles. The van der Waals surface area contributed by atoms with Gasteiger partial charge < -0.3 is 0 Å². The minimum absolute atomic E-state index is 0.103. The van der Waals surface area contributed by atoms with E-state index in [0.29, 0.717) is 11.5 Å². The molecule has 0 radical (unpaired) electrons. The number of fused-ring (bicyclic) bond motifs is 1. The average Bonchev–Trinajstić information content (AvgIpc) is 2.94. The fraction of sp³-hybridized carbons (Fsp3) is 0.308. The van der Waals surface area contributed by atoms with Crippen LogP contribution >= 0.6 is 7.66 Å². The molecule has 0 aromatic heterocycles. The van der Waals surface area contributed by atoms with Crippen LogP contribution in [0.25, 0.3) is 0 Å². The molecule has 9 heteroatoms. The SMILES string of the molecule is COC(=O)C1=COP2(O[Si](C)(C)C)(N1)Oc1ccccc1O2. The number of esters is 1. The Labute approximate surface area is 129 Å². The molecule has 1 aromatic carbocycles. The first-order valence-electron chi connectivity index (χ1n) is 6.73. The summed E-state index contributed by atoms with van der Waals surface area (Å²) < 4.78 is 28.5. The van der Waals surface area contributed by atoms with Gasteiger partial charge in [0.2, 0.25) is 0 Å². The maximum absolute atomic E-state index is 11.8. The Kier molecular flexibility index (Phi) is 3.18. The monoisotopic (exact) mass is 343 g/mol. The number of hydrogen-bond donors (Lipinski definition) is 1. The molecule has 120 valence electrons. The molecule has 22 heavy (non-hydrogen) atoms. The van der Waals surface area contributed by atoms with Crippen LogP contribution in [0.5, 0.6) is 11.5 Å². The number of para-hydroxylation sites is 2. The van der Waals surface area contributed by atoms with E-state index in [0.717, 1.165) is 0 Å². The van der Waals surface area contributed by atoms with E-state index in [1.165, 1.54) is 13.4 Å². The number of ether oxygens (including phenoxy) is 1. The van der Waals surface area contributed by atoms with Gasteiger partial charge in [-0.2, -0.15) is 0 Å². The van der Waals surface area contributed by atoms with E-state index in [1.54, 1.807) is 12.1 Å². The van der Waals surface area contributed by atoms with E-state index in [-0.39, 0.29) is 5.70 Å². The summed E-state index contributed by atoms with van der Waals surface area (Å²) in [6.07, 6.45) is 1.23. The van der Waals surface area contributed by atoms with Gasteiger partial charge in [0, 0.05) is 0 Å². The second kappa shape index (κ2) is 4.61. The van der Waals surface area contributed by atoms with Gasteiger partial charge in [0.15, 0.2) is 0 Å². The van der Waals surface area contributed by atoms with Crippen LogP contribution in [0.4, 0.5) is 0 Å². The normalized spacial score (nSPS) is 22.0. The average molecular weight is 343 g/mol. The number of hydrogen-bond acceptors (Lipinski definition) is 7. The molecule has 7 nitrogen and oxygen atoms in total. The van der Waals surface area contributed by atoms with Crippen molar-refractivity contribution < 1.29 is 27.3 Å². The Morgan fingerprint density at radius 1 is 1.18 bits per heavy atom. The zero-order chi connectivity index (χ0) is 16.0. The Morgan fingerprint density at radius 3 is 2.27 bits per heavy atom. The quantitative estimate of drug-likeness (QED) is 0.513. The predicted molar refractivity (Wildman–Crippen MR) is 83.4 cm³/mol. The second-order valence-corrected chi connectivity index (χ2v) is 13.3. The molecule has 0 fully saturated rings. The van der Waals surface area contributed by atoms with Crippen LogP contribution in [0.1, 0.15) is 0 Å². The Balaban J connectivity index is 2.00. The summed E-state index contributed by atoms with van der Waals surface area (Å²) in [5.41, 5.74) is 0.103. The van der Waals surface area contributed by atoms with Crippen molar-refractivity contribution in [3.8, 4) is 11.5 Å². The molecule has 0 saturated carbocycles. The molecule has 0 unspecified atom stereocenters. The summed E-state index contributed by atoms with van der Waals surface area (Å²) in [6, 6.07) is 7.15. The summed E-state index contributed by atoms with van der Waals surface area (Å²) in [7, 11) is -5.04. The molecular weight excluding hydrogens is 325 g/mol. The molecular formula is C13H18NO6PSi. The number of carbonyl (C=O) groups is 1. The number of benzene rings is 1. The van der Waals surface area contributed by atoms with Crippen molar-refractivity contribution in [1.82, 2.24) is 5.09 Å². The molecule has 0 aliphatic carbocycles. The van der Waals surface area contributed by atoms with Gasteiger partial charge in [0.25, 0.3) is 0 Å². The van der Waals surface area contributed by atoms with Crippen LogP contribution < -0.4 is 14.1 Å². The van der Waals surface area contributed by atoms with Crippen LogP contribution in [0.2, 0.25) is 19.6 Å². The van der Waals surface area contributed by atoms with Crippen molar-refractivity contribution in [2.24, 2.45) is 0 Å². The third-order valence-corrected chi connectivity index (χ3v) is 8.40. The predicted octanol–water partition coefficient (Wildman–Crippen LogP) is 3.07. The van der Waals surface area contributed by atoms with E-state index >= 15 is 0 Å². The fourth-order valence-electron chi connectivity index (χ4n) is 2.20. The summed E-state index contributed by atoms with van der Waals surface area (Å²) in [5.74, 6) is 0.430. The fourth-order valence-corrected chi connectivity index (χ4v) is 8.70. The minimum atomic E-state index is -4.17. The standard InChI is InChI=1S/C13H18NO6PSi/c1-16-13(15)10-9-17-21(14-10,20-22(2,3)4)18-11-7-5-6-8-12(11)19-21/h5-9,14H,1-4H3. The topological polar surface area (TPSA) is 75.3 Å². The summed E-state index contributed by atoms with van der Waals surface area (Å²) in [4.78, 5) is 11.8. The molecule has 1 N–H and O–H groups in total. The van der Waals surface area contributed by atoms with E-state index < -0.39 is 21.9 Å². The second-order valence-electron chi connectivity index (χ2n) is 5.89. The van der Waals surface area contributed by atoms with Crippen molar-refractivity contribution in [3.05, 3.63) is 36.2 Å². The number of nitrogens with one attached hydrogen (secondary N) is 1. The first-order valence-corrected chi connectivity index (χ1v) is 12.1. The molecule has 0 amide bonds. The molecule has 0 bridgehead atoms. The molecule has 0 atom stereocenters. The van der Waals surface area contributed by atoms with Crippen LogP contribution in [0.15, 0.2) is 36.2 Å². The van der Waals surface area contributed by atoms with E-state index in [1.807, 2.05) is 31.8 Å². The molecule has 1 aromatic rings. The number of rotatable bonds is 3. The van der Waals surface area contributed by atoms with Crippen LogP contribution in [0.3, 0.4) is 0 Å².